The summed E-state index contributed by atoms with van der Waals surface area (Å²) in [5, 5.41) is 4.33. The topological polar surface area (TPSA) is 28.2 Å². The molecule has 0 bridgehead atoms. The van der Waals surface area contributed by atoms with E-state index in [1.54, 1.807) is 6.07 Å². The van der Waals surface area contributed by atoms with Gasteiger partial charge in [-0.3, -0.25) is 0 Å². The fraction of sp³-hybridized carbons (Fsp3) is 0.545. The molecule has 0 aliphatic carbocycles. The molecule has 1 N–H and O–H groups in total. The van der Waals surface area contributed by atoms with Gasteiger partial charge in [0.25, 0.3) is 0 Å². The average Bonchev–Trinajstić information content (AvgIpc) is 2.78. The van der Waals surface area contributed by atoms with Crippen LogP contribution in [0.25, 0.3) is 0 Å². The van der Waals surface area contributed by atoms with Crippen LogP contribution >= 0.6 is 34.8 Å². The van der Waals surface area contributed by atoms with E-state index in [1.165, 1.54) is 25.9 Å². The minimum absolute atomic E-state index is 0.278. The van der Waals surface area contributed by atoms with Crippen molar-refractivity contribution in [2.45, 2.75) is 12.8 Å². The Morgan fingerprint density at radius 2 is 1.88 bits per heavy atom. The molecule has 0 amide bonds. The molecule has 2 rings (SSSR count). The smallest absolute Gasteiger partial charge is 0.150 e. The van der Waals surface area contributed by atoms with Gasteiger partial charge in [-0.1, -0.05) is 34.8 Å². The van der Waals surface area contributed by atoms with Crippen LogP contribution < -0.4 is 5.32 Å². The van der Waals surface area contributed by atoms with Crippen LogP contribution in [0, 0.1) is 0 Å². The highest BCUT2D eigenvalue weighted by Crippen LogP contribution is 2.28. The van der Waals surface area contributed by atoms with Crippen molar-refractivity contribution in [2.24, 2.45) is 0 Å². The highest BCUT2D eigenvalue weighted by Gasteiger charge is 2.11. The van der Waals surface area contributed by atoms with Crippen LogP contribution in [-0.4, -0.2) is 36.1 Å². The summed E-state index contributed by atoms with van der Waals surface area (Å²) < 4.78 is 0. The Morgan fingerprint density at radius 1 is 1.18 bits per heavy atom. The SMILES string of the molecule is Clc1cc(Cl)c(NCCN2CCCC2)nc1Cl. The number of hydrogen-bond donors (Lipinski definition) is 1. The maximum Gasteiger partial charge on any atom is 0.150 e. The Balaban J connectivity index is 1.87. The summed E-state index contributed by atoms with van der Waals surface area (Å²) in [6.07, 6.45) is 2.59. The number of nitrogens with one attached hydrogen (secondary N) is 1. The van der Waals surface area contributed by atoms with Crippen LogP contribution in [0.1, 0.15) is 12.8 Å². The fourth-order valence-electron chi connectivity index (χ4n) is 1.91. The van der Waals surface area contributed by atoms with Gasteiger partial charge in [0.1, 0.15) is 11.0 Å². The van der Waals surface area contributed by atoms with E-state index >= 15 is 0 Å². The van der Waals surface area contributed by atoms with E-state index < -0.39 is 0 Å². The molecule has 0 spiro atoms. The van der Waals surface area contributed by atoms with Crippen LogP contribution in [0.15, 0.2) is 6.07 Å². The molecule has 1 fully saturated rings. The molecular formula is C11H14Cl3N3. The van der Waals surface area contributed by atoms with Crippen LogP contribution in [0.5, 0.6) is 0 Å². The standard InChI is InChI=1S/C11H14Cl3N3/c12-8-7-9(13)11(16-10(8)14)15-3-6-17-4-1-2-5-17/h7H,1-6H2,(H,15,16). The molecule has 94 valence electrons. The number of halogens is 3. The zero-order valence-electron chi connectivity index (χ0n) is 9.35. The summed E-state index contributed by atoms with van der Waals surface area (Å²) in [6, 6.07) is 1.61. The van der Waals surface area contributed by atoms with Crippen LogP contribution in [0.4, 0.5) is 5.82 Å². The molecule has 1 saturated heterocycles. The van der Waals surface area contributed by atoms with E-state index in [-0.39, 0.29) is 5.15 Å². The predicted octanol–water partition coefficient (Wildman–Crippen LogP) is 3.55. The van der Waals surface area contributed by atoms with Crippen molar-refractivity contribution < 1.29 is 0 Å². The summed E-state index contributed by atoms with van der Waals surface area (Å²) >= 11 is 17.7. The van der Waals surface area contributed by atoms with Crippen LogP contribution in [0.3, 0.4) is 0 Å². The Labute approximate surface area is 116 Å². The first-order valence-corrected chi connectivity index (χ1v) is 6.78. The number of nitrogens with zero attached hydrogens (tertiary/aromatic N) is 2. The molecule has 2 heterocycles. The molecule has 6 heteroatoms. The summed E-state index contributed by atoms with van der Waals surface area (Å²) in [5.41, 5.74) is 0. The zero-order chi connectivity index (χ0) is 12.3. The van der Waals surface area contributed by atoms with Gasteiger partial charge in [0.2, 0.25) is 0 Å². The summed E-state index contributed by atoms with van der Waals surface area (Å²) in [4.78, 5) is 6.52. The lowest BCUT2D eigenvalue weighted by Crippen LogP contribution is -2.26. The minimum atomic E-state index is 0.278. The van der Waals surface area contributed by atoms with Gasteiger partial charge in [0, 0.05) is 13.1 Å². The van der Waals surface area contributed by atoms with Crippen molar-refractivity contribution in [3.05, 3.63) is 21.3 Å². The third-order valence-corrected chi connectivity index (χ3v) is 3.77. The van der Waals surface area contributed by atoms with E-state index in [4.69, 9.17) is 34.8 Å². The largest absolute Gasteiger partial charge is 0.367 e. The van der Waals surface area contributed by atoms with Gasteiger partial charge in [-0.2, -0.15) is 0 Å². The molecular weight excluding hydrogens is 281 g/mol. The van der Waals surface area contributed by atoms with E-state index in [1.807, 2.05) is 0 Å². The Morgan fingerprint density at radius 3 is 2.59 bits per heavy atom. The first-order valence-electron chi connectivity index (χ1n) is 5.64. The first-order chi connectivity index (χ1) is 8.16. The van der Waals surface area contributed by atoms with Crippen LogP contribution in [-0.2, 0) is 0 Å². The highest BCUT2D eigenvalue weighted by atomic mass is 35.5. The summed E-state index contributed by atoms with van der Waals surface area (Å²) in [7, 11) is 0. The maximum atomic E-state index is 6.02. The fourth-order valence-corrected chi connectivity index (χ4v) is 2.47. The van der Waals surface area contributed by atoms with Crippen molar-refractivity contribution in [3.63, 3.8) is 0 Å². The van der Waals surface area contributed by atoms with Crippen molar-refractivity contribution in [3.8, 4) is 0 Å². The number of hydrogen-bond acceptors (Lipinski definition) is 3. The second kappa shape index (κ2) is 6.10. The van der Waals surface area contributed by atoms with Crippen molar-refractivity contribution in [2.75, 3.05) is 31.5 Å². The van der Waals surface area contributed by atoms with Gasteiger partial charge in [0.05, 0.1) is 10.0 Å². The molecule has 0 unspecified atom stereocenters. The van der Waals surface area contributed by atoms with Gasteiger partial charge in [-0.15, -0.1) is 0 Å². The Bertz CT molecular complexity index is 392. The number of rotatable bonds is 4. The molecule has 0 radical (unpaired) electrons. The zero-order valence-corrected chi connectivity index (χ0v) is 11.6. The van der Waals surface area contributed by atoms with Crippen molar-refractivity contribution in [1.82, 2.24) is 9.88 Å². The van der Waals surface area contributed by atoms with Crippen molar-refractivity contribution >= 4 is 40.6 Å². The number of likely N-dealkylation sites (tertiary alicyclic amines) is 1. The third-order valence-electron chi connectivity index (χ3n) is 2.81. The number of aromatic nitrogens is 1. The van der Waals surface area contributed by atoms with Gasteiger partial charge in [-0.25, -0.2) is 4.98 Å². The van der Waals surface area contributed by atoms with Crippen molar-refractivity contribution in [1.29, 1.82) is 0 Å². The molecule has 1 aromatic heterocycles. The normalized spacial score (nSPS) is 16.4. The quantitative estimate of drug-likeness (QED) is 0.861. The van der Waals surface area contributed by atoms with E-state index in [9.17, 15) is 0 Å². The Hall–Kier alpha value is -0.220. The van der Waals surface area contributed by atoms with Gasteiger partial charge in [0.15, 0.2) is 0 Å². The summed E-state index contributed by atoms with van der Waals surface area (Å²) in [6.45, 7) is 4.18. The minimum Gasteiger partial charge on any atom is -0.367 e. The molecule has 1 aliphatic rings. The number of pyridine rings is 1. The second-order valence-electron chi connectivity index (χ2n) is 4.07. The lowest BCUT2D eigenvalue weighted by atomic mass is 10.4. The maximum absolute atomic E-state index is 6.02. The molecule has 0 atom stereocenters. The van der Waals surface area contributed by atoms with Crippen LogP contribution in [0.2, 0.25) is 15.2 Å². The van der Waals surface area contributed by atoms with E-state index in [0.717, 1.165) is 13.1 Å². The molecule has 1 aromatic rings. The number of anilines is 1. The molecule has 1 aliphatic heterocycles. The molecule has 3 nitrogen and oxygen atoms in total. The third kappa shape index (κ3) is 3.62. The first kappa shape index (κ1) is 13.2. The molecule has 17 heavy (non-hydrogen) atoms. The van der Waals surface area contributed by atoms with E-state index in [0.29, 0.717) is 15.9 Å². The monoisotopic (exact) mass is 293 g/mol. The summed E-state index contributed by atoms with van der Waals surface area (Å²) in [5.74, 6) is 0.597. The van der Waals surface area contributed by atoms with Gasteiger partial charge >= 0.3 is 0 Å². The highest BCUT2D eigenvalue weighted by molar-refractivity contribution is 6.42. The van der Waals surface area contributed by atoms with E-state index in [2.05, 4.69) is 15.2 Å². The molecule has 0 saturated carbocycles. The molecule has 0 aromatic carbocycles. The lowest BCUT2D eigenvalue weighted by molar-refractivity contribution is 0.352. The van der Waals surface area contributed by atoms with Gasteiger partial charge in [-0.05, 0) is 32.0 Å². The van der Waals surface area contributed by atoms with Gasteiger partial charge < -0.3 is 10.2 Å². The lowest BCUT2D eigenvalue weighted by Gasteiger charge is -2.15. The Kier molecular flexibility index (Phi) is 4.74. The predicted molar refractivity (Wildman–Crippen MR) is 73.4 cm³/mol. The average molecular weight is 295 g/mol. The second-order valence-corrected chi connectivity index (χ2v) is 5.24.